The molecule has 0 spiro atoms. The van der Waals surface area contributed by atoms with Crippen molar-refractivity contribution in [1.82, 2.24) is 0 Å². The highest BCUT2D eigenvalue weighted by molar-refractivity contribution is 6.31. The monoisotopic (exact) mass is 328 g/mol. The smallest absolute Gasteiger partial charge is 0.259 e. The fourth-order valence-electron chi connectivity index (χ4n) is 3.68. The second kappa shape index (κ2) is 5.49. The zero-order valence-electron chi connectivity index (χ0n) is 14.7. The van der Waals surface area contributed by atoms with Crippen molar-refractivity contribution in [3.8, 4) is 0 Å². The van der Waals surface area contributed by atoms with Gasteiger partial charge in [-0.2, -0.15) is 0 Å². The van der Waals surface area contributed by atoms with E-state index in [2.05, 4.69) is 30.1 Å². The molecule has 0 aromatic heterocycles. The van der Waals surface area contributed by atoms with Crippen LogP contribution in [0.2, 0.25) is 0 Å². The van der Waals surface area contributed by atoms with Crippen molar-refractivity contribution in [1.29, 1.82) is 0 Å². The van der Waals surface area contributed by atoms with Crippen molar-refractivity contribution in [2.75, 3.05) is 24.3 Å². The van der Waals surface area contributed by atoms with Gasteiger partial charge < -0.3 is 10.2 Å². The summed E-state index contributed by atoms with van der Waals surface area (Å²) in [6.07, 6.45) is 0. The average molecular weight is 328 g/mol. The molecule has 0 aliphatic carbocycles. The third kappa shape index (κ3) is 2.16. The van der Waals surface area contributed by atoms with Crippen LogP contribution in [0, 0.1) is 6.92 Å². The maximum Gasteiger partial charge on any atom is 0.259 e. The number of rotatable bonds is 2. The fraction of sp³-hybridized carbons (Fsp3) is 0.136. The summed E-state index contributed by atoms with van der Waals surface area (Å²) in [5, 5.41) is 7.31. The Balaban J connectivity index is 2.11. The lowest BCUT2D eigenvalue weighted by atomic mass is 10.00. The molecule has 0 atom stereocenters. The molecule has 0 unspecified atom stereocenters. The molecule has 3 heteroatoms. The van der Waals surface area contributed by atoms with Gasteiger partial charge in [0.1, 0.15) is 0 Å². The van der Waals surface area contributed by atoms with Crippen molar-refractivity contribution < 1.29 is 4.79 Å². The summed E-state index contributed by atoms with van der Waals surface area (Å²) in [7, 11) is 3.74. The predicted octanol–water partition coefficient (Wildman–Crippen LogP) is 2.78. The highest BCUT2D eigenvalue weighted by atomic mass is 16.2. The van der Waals surface area contributed by atoms with Crippen molar-refractivity contribution in [2.45, 2.75) is 6.92 Å². The van der Waals surface area contributed by atoms with Gasteiger partial charge >= 0.3 is 0 Å². The van der Waals surface area contributed by atoms with Crippen LogP contribution in [0.15, 0.2) is 48.5 Å². The maximum absolute atomic E-state index is 13.0. The van der Waals surface area contributed by atoms with Crippen LogP contribution in [0.4, 0.5) is 11.4 Å². The maximum atomic E-state index is 13.0. The lowest BCUT2D eigenvalue weighted by Crippen LogP contribution is -2.23. The van der Waals surface area contributed by atoms with E-state index in [9.17, 15) is 4.79 Å². The highest BCUT2D eigenvalue weighted by Gasteiger charge is 2.29. The van der Waals surface area contributed by atoms with Gasteiger partial charge in [0.05, 0.1) is 11.3 Å². The SMILES string of the molecule is C=c1ccc2c3c(ccc2c1NC)=C(c1ccc(C)cc1)C(=O)N3C. The number of hydrogen-bond acceptors (Lipinski definition) is 2. The Morgan fingerprint density at radius 3 is 2.32 bits per heavy atom. The largest absolute Gasteiger partial charge is 0.387 e. The third-order valence-corrected chi connectivity index (χ3v) is 4.97. The number of fused-ring (bicyclic) bond motifs is 3. The molecule has 0 saturated heterocycles. The molecule has 0 saturated carbocycles. The van der Waals surface area contributed by atoms with Gasteiger partial charge in [0.15, 0.2) is 0 Å². The number of likely N-dealkylation sites (N-methyl/N-ethyl adjacent to an activating group) is 1. The van der Waals surface area contributed by atoms with Gasteiger partial charge in [-0.15, -0.1) is 0 Å². The summed E-state index contributed by atoms with van der Waals surface area (Å²) in [6.45, 7) is 6.14. The lowest BCUT2D eigenvalue weighted by Gasteiger charge is -2.15. The molecule has 25 heavy (non-hydrogen) atoms. The van der Waals surface area contributed by atoms with Gasteiger partial charge in [-0.3, -0.25) is 4.79 Å². The Labute approximate surface area is 146 Å². The van der Waals surface area contributed by atoms with Gasteiger partial charge in [-0.25, -0.2) is 0 Å². The Hall–Kier alpha value is -3.07. The van der Waals surface area contributed by atoms with Crippen molar-refractivity contribution in [2.24, 2.45) is 0 Å². The van der Waals surface area contributed by atoms with Crippen LogP contribution in [-0.2, 0) is 4.79 Å². The molecule has 124 valence electrons. The van der Waals surface area contributed by atoms with E-state index in [-0.39, 0.29) is 5.91 Å². The van der Waals surface area contributed by atoms with E-state index in [1.807, 2.05) is 51.4 Å². The molecule has 0 radical (unpaired) electrons. The molecule has 3 nitrogen and oxygen atoms in total. The Bertz CT molecular complexity index is 1130. The molecule has 1 aliphatic heterocycles. The second-order valence-corrected chi connectivity index (χ2v) is 6.51. The van der Waals surface area contributed by atoms with Crippen LogP contribution in [-0.4, -0.2) is 20.0 Å². The van der Waals surface area contributed by atoms with Crippen LogP contribution in [0.25, 0.3) is 22.9 Å². The van der Waals surface area contributed by atoms with E-state index in [0.717, 1.165) is 43.7 Å². The van der Waals surface area contributed by atoms with Gasteiger partial charge in [0, 0.05) is 35.8 Å². The van der Waals surface area contributed by atoms with Crippen LogP contribution in [0.5, 0.6) is 0 Å². The normalized spacial score (nSPS) is 13.5. The molecule has 3 aromatic carbocycles. The molecule has 1 heterocycles. The summed E-state index contributed by atoms with van der Waals surface area (Å²) in [5.74, 6) is 0.0380. The summed E-state index contributed by atoms with van der Waals surface area (Å²) >= 11 is 0. The molecule has 3 aromatic rings. The number of carbonyl (C=O) groups is 1. The van der Waals surface area contributed by atoms with Crippen molar-refractivity contribution >= 4 is 40.2 Å². The van der Waals surface area contributed by atoms with E-state index in [0.29, 0.717) is 0 Å². The summed E-state index contributed by atoms with van der Waals surface area (Å²) in [6, 6.07) is 16.3. The Kier molecular flexibility index (Phi) is 3.39. The summed E-state index contributed by atoms with van der Waals surface area (Å²) in [4.78, 5) is 14.7. The molecule has 1 aliphatic rings. The van der Waals surface area contributed by atoms with Crippen LogP contribution < -0.4 is 20.7 Å². The van der Waals surface area contributed by atoms with E-state index in [1.54, 1.807) is 4.90 Å². The van der Waals surface area contributed by atoms with Crippen LogP contribution >= 0.6 is 0 Å². The number of hydrogen-bond donors (Lipinski definition) is 1. The number of benzene rings is 3. The van der Waals surface area contributed by atoms with Crippen LogP contribution in [0.3, 0.4) is 0 Å². The number of anilines is 2. The predicted molar refractivity (Wildman–Crippen MR) is 105 cm³/mol. The Morgan fingerprint density at radius 2 is 1.64 bits per heavy atom. The minimum absolute atomic E-state index is 0.0380. The first kappa shape index (κ1) is 15.5. The number of aryl methyl sites for hydroxylation is 1. The molecular formula is C22H20N2O. The number of nitrogens with one attached hydrogen (secondary N) is 1. The highest BCUT2D eigenvalue weighted by Crippen LogP contribution is 2.32. The van der Waals surface area contributed by atoms with E-state index >= 15 is 0 Å². The Morgan fingerprint density at radius 1 is 0.960 bits per heavy atom. The number of amides is 1. The first-order valence-corrected chi connectivity index (χ1v) is 8.34. The average Bonchev–Trinajstić information content (AvgIpc) is 2.87. The number of carbonyl (C=O) groups excluding carboxylic acids is 1. The topological polar surface area (TPSA) is 32.3 Å². The van der Waals surface area contributed by atoms with Gasteiger partial charge in [0.2, 0.25) is 0 Å². The molecular weight excluding hydrogens is 308 g/mol. The third-order valence-electron chi connectivity index (χ3n) is 4.97. The van der Waals surface area contributed by atoms with Crippen molar-refractivity contribution in [3.63, 3.8) is 0 Å². The van der Waals surface area contributed by atoms with Gasteiger partial charge in [-0.05, 0) is 17.7 Å². The fourth-order valence-corrected chi connectivity index (χ4v) is 3.68. The van der Waals surface area contributed by atoms with E-state index < -0.39 is 0 Å². The zero-order valence-corrected chi connectivity index (χ0v) is 14.7. The summed E-state index contributed by atoms with van der Waals surface area (Å²) < 4.78 is 0. The van der Waals surface area contributed by atoms with Gasteiger partial charge in [-0.1, -0.05) is 60.7 Å². The second-order valence-electron chi connectivity index (χ2n) is 6.51. The molecule has 1 N–H and O–H groups in total. The zero-order chi connectivity index (χ0) is 17.7. The van der Waals surface area contributed by atoms with Gasteiger partial charge in [0.25, 0.3) is 5.91 Å². The van der Waals surface area contributed by atoms with Crippen LogP contribution in [0.1, 0.15) is 11.1 Å². The first-order chi connectivity index (χ1) is 12.0. The summed E-state index contributed by atoms with van der Waals surface area (Å²) in [5.41, 5.74) is 4.88. The first-order valence-electron chi connectivity index (χ1n) is 8.34. The standard InChI is InChI=1S/C22H20N2O/c1-13-5-8-15(9-6-13)19-18-12-11-16-17(21(18)24(4)22(19)25)10-7-14(2)20(16)23-3/h5-12,23H,2H2,1,3-4H3. The van der Waals surface area contributed by atoms with E-state index in [4.69, 9.17) is 0 Å². The van der Waals surface area contributed by atoms with Crippen molar-refractivity contribution in [3.05, 3.63) is 70.1 Å². The lowest BCUT2D eigenvalue weighted by molar-refractivity contribution is -0.112. The molecule has 0 fully saturated rings. The molecule has 1 amide bonds. The minimum Gasteiger partial charge on any atom is -0.387 e. The number of nitrogens with zero attached hydrogens (tertiary/aromatic N) is 1. The molecule has 4 rings (SSSR count). The quantitative estimate of drug-likeness (QED) is 0.784. The minimum atomic E-state index is 0.0380. The van der Waals surface area contributed by atoms with E-state index in [1.165, 1.54) is 5.56 Å². The molecule has 0 bridgehead atoms.